The van der Waals surface area contributed by atoms with Crippen molar-refractivity contribution in [3.8, 4) is 0 Å². The van der Waals surface area contributed by atoms with Gasteiger partial charge in [-0.1, -0.05) is 64.3 Å². The van der Waals surface area contributed by atoms with Crippen LogP contribution >= 0.6 is 0 Å². The van der Waals surface area contributed by atoms with Crippen molar-refractivity contribution < 1.29 is 4.74 Å². The zero-order valence-electron chi connectivity index (χ0n) is 13.5. The van der Waals surface area contributed by atoms with Crippen LogP contribution in [0, 0.1) is 5.92 Å². The van der Waals surface area contributed by atoms with Gasteiger partial charge in [-0.2, -0.15) is 0 Å². The van der Waals surface area contributed by atoms with Crippen LogP contribution in [-0.4, -0.2) is 13.2 Å². The molecule has 0 aliphatic rings. The Hall–Kier alpha value is -0.860. The van der Waals surface area contributed by atoms with Crippen molar-refractivity contribution in [3.05, 3.63) is 35.4 Å². The van der Waals surface area contributed by atoms with Gasteiger partial charge >= 0.3 is 0 Å². The van der Waals surface area contributed by atoms with Crippen molar-refractivity contribution >= 4 is 0 Å². The van der Waals surface area contributed by atoms with Crippen molar-refractivity contribution in [2.45, 2.75) is 59.6 Å². The monoisotopic (exact) mass is 277 g/mol. The number of unbranched alkanes of at least 4 members (excludes halogenated alkanes) is 3. The van der Waals surface area contributed by atoms with Gasteiger partial charge in [-0.05, 0) is 30.0 Å². The Balaban J connectivity index is 2.29. The standard InChI is InChI=1S/C18H31NO/c1-4-5-6-9-12-20-15-18-11-8-7-10-17(18)14-19-13-16(2)3/h7-8,10-11,16,19H,4-6,9,12-15H2,1-3H3. The van der Waals surface area contributed by atoms with E-state index in [9.17, 15) is 0 Å². The molecular formula is C18H31NO. The first-order valence-corrected chi connectivity index (χ1v) is 8.09. The van der Waals surface area contributed by atoms with Crippen molar-refractivity contribution in [2.75, 3.05) is 13.2 Å². The summed E-state index contributed by atoms with van der Waals surface area (Å²) in [6.07, 6.45) is 5.07. The quantitative estimate of drug-likeness (QED) is 0.600. The normalized spacial score (nSPS) is 11.2. The van der Waals surface area contributed by atoms with Gasteiger partial charge in [0.15, 0.2) is 0 Å². The zero-order chi connectivity index (χ0) is 14.6. The topological polar surface area (TPSA) is 21.3 Å². The third-order valence-electron chi connectivity index (χ3n) is 3.39. The lowest BCUT2D eigenvalue weighted by Gasteiger charge is -2.12. The summed E-state index contributed by atoms with van der Waals surface area (Å²) < 4.78 is 5.81. The number of benzene rings is 1. The highest BCUT2D eigenvalue weighted by Gasteiger charge is 2.02. The number of ether oxygens (including phenoxy) is 1. The summed E-state index contributed by atoms with van der Waals surface area (Å²) in [5.41, 5.74) is 2.68. The van der Waals surface area contributed by atoms with Gasteiger partial charge in [0.2, 0.25) is 0 Å². The van der Waals surface area contributed by atoms with E-state index in [1.807, 2.05) is 0 Å². The summed E-state index contributed by atoms with van der Waals surface area (Å²) in [5.74, 6) is 0.692. The fraction of sp³-hybridized carbons (Fsp3) is 0.667. The lowest BCUT2D eigenvalue weighted by molar-refractivity contribution is 0.116. The van der Waals surface area contributed by atoms with E-state index in [4.69, 9.17) is 4.74 Å². The van der Waals surface area contributed by atoms with Gasteiger partial charge in [0.1, 0.15) is 0 Å². The Morgan fingerprint density at radius 1 is 1.05 bits per heavy atom. The Kier molecular flexibility index (Phi) is 9.35. The largest absolute Gasteiger partial charge is 0.377 e. The van der Waals surface area contributed by atoms with E-state index < -0.39 is 0 Å². The molecule has 1 aromatic carbocycles. The number of hydrogen-bond donors (Lipinski definition) is 1. The number of nitrogens with one attached hydrogen (secondary N) is 1. The molecule has 1 N–H and O–H groups in total. The van der Waals surface area contributed by atoms with E-state index in [0.717, 1.165) is 26.3 Å². The fourth-order valence-corrected chi connectivity index (χ4v) is 2.18. The molecule has 0 aromatic heterocycles. The molecule has 2 heteroatoms. The van der Waals surface area contributed by atoms with Gasteiger partial charge < -0.3 is 10.1 Å². The Bertz CT molecular complexity index is 349. The minimum atomic E-state index is 0.692. The van der Waals surface area contributed by atoms with Crippen molar-refractivity contribution in [1.29, 1.82) is 0 Å². The first-order chi connectivity index (χ1) is 9.74. The van der Waals surface area contributed by atoms with Gasteiger partial charge in [-0.25, -0.2) is 0 Å². The van der Waals surface area contributed by atoms with Gasteiger partial charge in [0, 0.05) is 13.2 Å². The van der Waals surface area contributed by atoms with Crippen LogP contribution in [0.15, 0.2) is 24.3 Å². The Morgan fingerprint density at radius 2 is 1.80 bits per heavy atom. The van der Waals surface area contributed by atoms with Gasteiger partial charge in [-0.3, -0.25) is 0 Å². The maximum absolute atomic E-state index is 5.81. The first-order valence-electron chi connectivity index (χ1n) is 8.09. The van der Waals surface area contributed by atoms with Gasteiger partial charge in [-0.15, -0.1) is 0 Å². The van der Waals surface area contributed by atoms with E-state index in [0.29, 0.717) is 5.92 Å². The fourth-order valence-electron chi connectivity index (χ4n) is 2.18. The van der Waals surface area contributed by atoms with Crippen LogP contribution in [0.25, 0.3) is 0 Å². The van der Waals surface area contributed by atoms with Gasteiger partial charge in [0.05, 0.1) is 6.61 Å². The van der Waals surface area contributed by atoms with E-state index in [-0.39, 0.29) is 0 Å². The Labute approximate surface area is 124 Å². The average Bonchev–Trinajstić information content (AvgIpc) is 2.44. The minimum Gasteiger partial charge on any atom is -0.377 e. The molecule has 114 valence electrons. The molecule has 0 saturated heterocycles. The lowest BCUT2D eigenvalue weighted by Crippen LogP contribution is -2.19. The van der Waals surface area contributed by atoms with Crippen LogP contribution in [0.2, 0.25) is 0 Å². The van der Waals surface area contributed by atoms with Gasteiger partial charge in [0.25, 0.3) is 0 Å². The molecule has 0 spiro atoms. The third-order valence-corrected chi connectivity index (χ3v) is 3.39. The van der Waals surface area contributed by atoms with E-state index in [1.165, 1.54) is 36.8 Å². The second kappa shape index (κ2) is 10.9. The molecule has 0 bridgehead atoms. The molecule has 0 saturated carbocycles. The molecule has 0 amide bonds. The molecule has 0 aliphatic heterocycles. The van der Waals surface area contributed by atoms with Crippen LogP contribution in [0.5, 0.6) is 0 Å². The maximum Gasteiger partial charge on any atom is 0.0720 e. The van der Waals surface area contributed by atoms with E-state index >= 15 is 0 Å². The predicted molar refractivity (Wildman–Crippen MR) is 86.8 cm³/mol. The average molecular weight is 277 g/mol. The lowest BCUT2D eigenvalue weighted by atomic mass is 10.1. The highest BCUT2D eigenvalue weighted by Crippen LogP contribution is 2.11. The van der Waals surface area contributed by atoms with Crippen molar-refractivity contribution in [2.24, 2.45) is 5.92 Å². The predicted octanol–water partition coefficient (Wildman–Crippen LogP) is 4.53. The molecule has 20 heavy (non-hydrogen) atoms. The molecule has 0 fully saturated rings. The van der Waals surface area contributed by atoms with Crippen LogP contribution < -0.4 is 5.32 Å². The summed E-state index contributed by atoms with van der Waals surface area (Å²) in [6, 6.07) is 8.58. The minimum absolute atomic E-state index is 0.692. The molecule has 1 rings (SSSR count). The molecule has 0 heterocycles. The summed E-state index contributed by atoms with van der Waals surface area (Å²) in [6.45, 7) is 10.3. The summed E-state index contributed by atoms with van der Waals surface area (Å²) in [5, 5.41) is 3.50. The molecule has 0 atom stereocenters. The van der Waals surface area contributed by atoms with Crippen molar-refractivity contribution in [1.82, 2.24) is 5.32 Å². The first kappa shape index (κ1) is 17.2. The summed E-state index contributed by atoms with van der Waals surface area (Å²) in [7, 11) is 0. The van der Waals surface area contributed by atoms with E-state index in [1.54, 1.807) is 0 Å². The zero-order valence-corrected chi connectivity index (χ0v) is 13.5. The van der Waals surface area contributed by atoms with Crippen LogP contribution in [-0.2, 0) is 17.9 Å². The van der Waals surface area contributed by atoms with E-state index in [2.05, 4.69) is 50.4 Å². The maximum atomic E-state index is 5.81. The smallest absolute Gasteiger partial charge is 0.0720 e. The second-order valence-corrected chi connectivity index (χ2v) is 5.91. The SMILES string of the molecule is CCCCCCOCc1ccccc1CNCC(C)C. The van der Waals surface area contributed by atoms with Crippen LogP contribution in [0.1, 0.15) is 57.6 Å². The molecule has 1 aromatic rings. The summed E-state index contributed by atoms with van der Waals surface area (Å²) >= 11 is 0. The molecule has 0 radical (unpaired) electrons. The summed E-state index contributed by atoms with van der Waals surface area (Å²) in [4.78, 5) is 0. The molecule has 2 nitrogen and oxygen atoms in total. The molecule has 0 aliphatic carbocycles. The Morgan fingerprint density at radius 3 is 2.50 bits per heavy atom. The number of hydrogen-bond acceptors (Lipinski definition) is 2. The number of rotatable bonds is 11. The van der Waals surface area contributed by atoms with Crippen LogP contribution in [0.4, 0.5) is 0 Å². The second-order valence-electron chi connectivity index (χ2n) is 5.91. The highest BCUT2D eigenvalue weighted by atomic mass is 16.5. The van der Waals surface area contributed by atoms with Crippen molar-refractivity contribution in [3.63, 3.8) is 0 Å². The molecular weight excluding hydrogens is 246 g/mol. The van der Waals surface area contributed by atoms with Crippen LogP contribution in [0.3, 0.4) is 0 Å². The highest BCUT2D eigenvalue weighted by molar-refractivity contribution is 5.26. The third kappa shape index (κ3) is 7.66. The molecule has 0 unspecified atom stereocenters.